The lowest BCUT2D eigenvalue weighted by atomic mass is 10.2. The highest BCUT2D eigenvalue weighted by Crippen LogP contribution is 2.22. The molecule has 2 N–H and O–H groups in total. The normalized spacial score (nSPS) is 23.5. The number of aliphatic hydroxyl groups is 1. The van der Waals surface area contributed by atoms with Crippen LogP contribution in [0.15, 0.2) is 6.07 Å². The first-order chi connectivity index (χ1) is 9.17. The van der Waals surface area contributed by atoms with Crippen LogP contribution in [0.1, 0.15) is 19.7 Å². The number of aryl methyl sites for hydroxylation is 1. The SMILES string of the molecule is CCc1nc(NC)cc(N2CC(CO)OCC2C)n1. The van der Waals surface area contributed by atoms with Crippen LogP contribution >= 0.6 is 0 Å². The molecule has 1 aromatic heterocycles. The summed E-state index contributed by atoms with van der Waals surface area (Å²) >= 11 is 0. The first-order valence-corrected chi connectivity index (χ1v) is 6.72. The van der Waals surface area contributed by atoms with E-state index in [2.05, 4.69) is 27.1 Å². The monoisotopic (exact) mass is 266 g/mol. The van der Waals surface area contributed by atoms with Gasteiger partial charge in [-0.1, -0.05) is 6.92 Å². The Bertz CT molecular complexity index is 405. The minimum absolute atomic E-state index is 0.0355. The van der Waals surface area contributed by atoms with E-state index in [1.807, 2.05) is 20.0 Å². The van der Waals surface area contributed by atoms with E-state index in [4.69, 9.17) is 4.74 Å². The molecule has 2 atom stereocenters. The molecule has 6 nitrogen and oxygen atoms in total. The maximum Gasteiger partial charge on any atom is 0.134 e. The van der Waals surface area contributed by atoms with Crippen LogP contribution in [0.25, 0.3) is 0 Å². The molecule has 0 aliphatic carbocycles. The second-order valence-corrected chi connectivity index (χ2v) is 4.77. The Kier molecular flexibility index (Phi) is 4.55. The molecule has 2 heterocycles. The molecule has 6 heteroatoms. The molecule has 106 valence electrons. The molecule has 0 amide bonds. The summed E-state index contributed by atoms with van der Waals surface area (Å²) in [5.41, 5.74) is 0. The lowest BCUT2D eigenvalue weighted by Crippen LogP contribution is -2.50. The Hall–Kier alpha value is -1.40. The predicted molar refractivity (Wildman–Crippen MR) is 74.6 cm³/mol. The average molecular weight is 266 g/mol. The van der Waals surface area contributed by atoms with E-state index in [0.717, 1.165) is 23.9 Å². The maximum absolute atomic E-state index is 9.25. The molecule has 1 aliphatic heterocycles. The summed E-state index contributed by atoms with van der Waals surface area (Å²) < 4.78 is 5.55. The Morgan fingerprint density at radius 3 is 2.95 bits per heavy atom. The van der Waals surface area contributed by atoms with Crippen LogP contribution < -0.4 is 10.2 Å². The standard InChI is InChI=1S/C13H22N4O2/c1-4-11-15-12(14-3)5-13(16-11)17-6-10(7-18)19-8-9(17)2/h5,9-10,18H,4,6-8H2,1-3H3,(H,14,15,16). The van der Waals surface area contributed by atoms with Crippen molar-refractivity contribution in [3.63, 3.8) is 0 Å². The Morgan fingerprint density at radius 2 is 2.32 bits per heavy atom. The van der Waals surface area contributed by atoms with Gasteiger partial charge in [0.05, 0.1) is 25.4 Å². The van der Waals surface area contributed by atoms with Gasteiger partial charge in [-0.05, 0) is 6.92 Å². The summed E-state index contributed by atoms with van der Waals surface area (Å²) in [7, 11) is 1.85. The van der Waals surface area contributed by atoms with Gasteiger partial charge in [0, 0.05) is 26.1 Å². The zero-order valence-corrected chi connectivity index (χ0v) is 11.8. The van der Waals surface area contributed by atoms with E-state index < -0.39 is 0 Å². The number of aromatic nitrogens is 2. The van der Waals surface area contributed by atoms with Crippen molar-refractivity contribution >= 4 is 11.6 Å². The zero-order chi connectivity index (χ0) is 13.8. The van der Waals surface area contributed by atoms with Gasteiger partial charge in [-0.25, -0.2) is 9.97 Å². The van der Waals surface area contributed by atoms with E-state index in [1.165, 1.54) is 0 Å². The van der Waals surface area contributed by atoms with E-state index >= 15 is 0 Å². The third-order valence-electron chi connectivity index (χ3n) is 3.33. The van der Waals surface area contributed by atoms with Crippen LogP contribution in [-0.2, 0) is 11.2 Å². The van der Waals surface area contributed by atoms with E-state index in [1.54, 1.807) is 0 Å². The van der Waals surface area contributed by atoms with Crippen molar-refractivity contribution in [2.75, 3.05) is 37.0 Å². The number of aliphatic hydroxyl groups excluding tert-OH is 1. The summed E-state index contributed by atoms with van der Waals surface area (Å²) in [6, 6.07) is 2.18. The molecule has 0 bridgehead atoms. The van der Waals surface area contributed by atoms with Gasteiger partial charge >= 0.3 is 0 Å². The number of hydrogen-bond donors (Lipinski definition) is 2. The first kappa shape index (κ1) is 14.0. The molecular weight excluding hydrogens is 244 g/mol. The molecule has 0 saturated carbocycles. The van der Waals surface area contributed by atoms with Gasteiger partial charge in [0.1, 0.15) is 17.5 Å². The zero-order valence-electron chi connectivity index (χ0n) is 11.8. The lowest BCUT2D eigenvalue weighted by Gasteiger charge is -2.38. The van der Waals surface area contributed by atoms with Crippen LogP contribution in [0.3, 0.4) is 0 Å². The number of nitrogens with zero attached hydrogens (tertiary/aromatic N) is 3. The summed E-state index contributed by atoms with van der Waals surface area (Å²) in [5, 5.41) is 12.3. The fraction of sp³-hybridized carbons (Fsp3) is 0.692. The minimum Gasteiger partial charge on any atom is -0.394 e. The van der Waals surface area contributed by atoms with Crippen LogP contribution in [-0.4, -0.2) is 54.0 Å². The molecule has 19 heavy (non-hydrogen) atoms. The van der Waals surface area contributed by atoms with Gasteiger partial charge in [-0.15, -0.1) is 0 Å². The molecule has 0 spiro atoms. The highest BCUT2D eigenvalue weighted by Gasteiger charge is 2.27. The average Bonchev–Trinajstić information content (AvgIpc) is 2.47. The van der Waals surface area contributed by atoms with Crippen molar-refractivity contribution in [2.45, 2.75) is 32.4 Å². The van der Waals surface area contributed by atoms with Gasteiger partial charge < -0.3 is 20.1 Å². The van der Waals surface area contributed by atoms with Gasteiger partial charge in [-0.3, -0.25) is 0 Å². The predicted octanol–water partition coefficient (Wildman–Crippen LogP) is 0.667. The molecule has 0 aromatic carbocycles. The Labute approximate surface area is 113 Å². The second-order valence-electron chi connectivity index (χ2n) is 4.77. The summed E-state index contributed by atoms with van der Waals surface area (Å²) in [5.74, 6) is 2.53. The van der Waals surface area contributed by atoms with Crippen molar-refractivity contribution in [3.05, 3.63) is 11.9 Å². The van der Waals surface area contributed by atoms with E-state index in [9.17, 15) is 5.11 Å². The summed E-state index contributed by atoms with van der Waals surface area (Å²) in [6.45, 7) is 5.43. The third-order valence-corrected chi connectivity index (χ3v) is 3.33. The van der Waals surface area contributed by atoms with Gasteiger partial charge in [-0.2, -0.15) is 0 Å². The number of morpholine rings is 1. The topological polar surface area (TPSA) is 70.5 Å². The van der Waals surface area contributed by atoms with Crippen molar-refractivity contribution in [3.8, 4) is 0 Å². The van der Waals surface area contributed by atoms with Crippen LogP contribution in [0.5, 0.6) is 0 Å². The molecule has 2 rings (SSSR count). The van der Waals surface area contributed by atoms with Crippen molar-refractivity contribution in [1.29, 1.82) is 0 Å². The van der Waals surface area contributed by atoms with Gasteiger partial charge in [0.25, 0.3) is 0 Å². The lowest BCUT2D eigenvalue weighted by molar-refractivity contribution is -0.0105. The molecule has 1 aromatic rings. The smallest absolute Gasteiger partial charge is 0.134 e. The van der Waals surface area contributed by atoms with Crippen molar-refractivity contribution in [2.24, 2.45) is 0 Å². The fourth-order valence-corrected chi connectivity index (χ4v) is 2.16. The molecule has 1 saturated heterocycles. The van der Waals surface area contributed by atoms with Gasteiger partial charge in [0.15, 0.2) is 0 Å². The quantitative estimate of drug-likeness (QED) is 0.834. The van der Waals surface area contributed by atoms with Crippen LogP contribution in [0, 0.1) is 0 Å². The summed E-state index contributed by atoms with van der Waals surface area (Å²) in [6.07, 6.45) is 0.652. The number of anilines is 2. The number of hydrogen-bond acceptors (Lipinski definition) is 6. The fourth-order valence-electron chi connectivity index (χ4n) is 2.16. The van der Waals surface area contributed by atoms with E-state index in [-0.39, 0.29) is 18.8 Å². The van der Waals surface area contributed by atoms with Crippen LogP contribution in [0.4, 0.5) is 11.6 Å². The Morgan fingerprint density at radius 1 is 1.53 bits per heavy atom. The highest BCUT2D eigenvalue weighted by atomic mass is 16.5. The van der Waals surface area contributed by atoms with Crippen LogP contribution in [0.2, 0.25) is 0 Å². The third kappa shape index (κ3) is 3.13. The van der Waals surface area contributed by atoms with Gasteiger partial charge in [0.2, 0.25) is 0 Å². The molecule has 2 unspecified atom stereocenters. The maximum atomic E-state index is 9.25. The van der Waals surface area contributed by atoms with Crippen molar-refractivity contribution < 1.29 is 9.84 Å². The number of ether oxygens (including phenoxy) is 1. The molecule has 1 fully saturated rings. The first-order valence-electron chi connectivity index (χ1n) is 6.72. The minimum atomic E-state index is -0.144. The molecule has 0 radical (unpaired) electrons. The highest BCUT2D eigenvalue weighted by molar-refractivity contribution is 5.50. The van der Waals surface area contributed by atoms with E-state index in [0.29, 0.717) is 13.2 Å². The number of rotatable bonds is 4. The molecule has 1 aliphatic rings. The number of nitrogens with one attached hydrogen (secondary N) is 1. The summed E-state index contributed by atoms with van der Waals surface area (Å²) in [4.78, 5) is 11.2. The molecular formula is C13H22N4O2. The Balaban J connectivity index is 2.27. The largest absolute Gasteiger partial charge is 0.394 e. The van der Waals surface area contributed by atoms with Crippen molar-refractivity contribution in [1.82, 2.24) is 9.97 Å². The second kappa shape index (κ2) is 6.16.